The summed E-state index contributed by atoms with van der Waals surface area (Å²) < 4.78 is 5.39. The van der Waals surface area contributed by atoms with Gasteiger partial charge in [0, 0.05) is 19.3 Å². The molecule has 1 aromatic carbocycles. The van der Waals surface area contributed by atoms with Gasteiger partial charge in [-0.05, 0) is 49.2 Å². The summed E-state index contributed by atoms with van der Waals surface area (Å²) in [5.74, 6) is 2.55. The zero-order valence-corrected chi connectivity index (χ0v) is 21.5. The molecule has 0 saturated carbocycles. The molecule has 0 spiro atoms. The molecule has 3 aromatic heterocycles. The van der Waals surface area contributed by atoms with E-state index in [0.717, 1.165) is 30.8 Å². The fourth-order valence-electron chi connectivity index (χ4n) is 3.68. The van der Waals surface area contributed by atoms with Gasteiger partial charge in [0.25, 0.3) is 0 Å². The van der Waals surface area contributed by atoms with Crippen LogP contribution in [0, 0.1) is 5.92 Å². The predicted molar refractivity (Wildman–Crippen MR) is 145 cm³/mol. The summed E-state index contributed by atoms with van der Waals surface area (Å²) in [4.78, 5) is 27.4. The van der Waals surface area contributed by atoms with Gasteiger partial charge in [0.2, 0.25) is 11.6 Å². The van der Waals surface area contributed by atoms with Gasteiger partial charge in [-0.25, -0.2) is 15.0 Å². The van der Waals surface area contributed by atoms with Crippen molar-refractivity contribution in [1.82, 2.24) is 24.8 Å². The van der Waals surface area contributed by atoms with E-state index in [0.29, 0.717) is 45.6 Å². The first-order valence-corrected chi connectivity index (χ1v) is 12.7. The quantitative estimate of drug-likeness (QED) is 0.171. The van der Waals surface area contributed by atoms with Crippen LogP contribution in [0.15, 0.2) is 83.2 Å². The number of rotatable bonds is 9. The van der Waals surface area contributed by atoms with Crippen molar-refractivity contribution >= 4 is 34.3 Å². The fraction of sp³-hybridized carbons (Fsp3) is 0.231. The molecule has 1 aliphatic rings. The lowest BCUT2D eigenvalue weighted by Gasteiger charge is -2.24. The highest BCUT2D eigenvalue weighted by Gasteiger charge is 2.30. The second kappa shape index (κ2) is 11.3. The van der Waals surface area contributed by atoms with Crippen molar-refractivity contribution in [2.45, 2.75) is 20.8 Å². The van der Waals surface area contributed by atoms with E-state index in [1.54, 1.807) is 18.3 Å². The van der Waals surface area contributed by atoms with Gasteiger partial charge in [-0.15, -0.1) is 19.3 Å². The summed E-state index contributed by atoms with van der Waals surface area (Å²) in [6, 6.07) is 18.7. The third-order valence-electron chi connectivity index (χ3n) is 5.36. The highest BCUT2D eigenvalue weighted by molar-refractivity contribution is 8.11. The van der Waals surface area contributed by atoms with Crippen LogP contribution in [0.25, 0.3) is 11.5 Å². The van der Waals surface area contributed by atoms with E-state index in [1.807, 2.05) is 54.7 Å². The minimum Gasteiger partial charge on any atom is -0.370 e. The van der Waals surface area contributed by atoms with Crippen molar-refractivity contribution in [3.8, 4) is 17.3 Å². The number of anilines is 1. The Morgan fingerprint density at radius 1 is 1.03 bits per heavy atom. The lowest BCUT2D eigenvalue weighted by Crippen LogP contribution is -2.27. The maximum absolute atomic E-state index is 5.39. The second-order valence-corrected chi connectivity index (χ2v) is 9.27. The van der Waals surface area contributed by atoms with Gasteiger partial charge in [0.15, 0.2) is 16.6 Å². The molecular weight excluding hydrogens is 488 g/mol. The summed E-state index contributed by atoms with van der Waals surface area (Å²) in [5.41, 5.74) is 2.17. The van der Waals surface area contributed by atoms with E-state index in [4.69, 9.17) is 14.2 Å². The van der Waals surface area contributed by atoms with Gasteiger partial charge < -0.3 is 9.79 Å². The molecule has 11 heteroatoms. The first-order chi connectivity index (χ1) is 18.1. The standard InChI is InChI=1S/C26H26N8O2S/c1-4-33(17-18(2)3)19-13-14-22(28-16-19)29-23-25-30-24(21-12-8-9-15-27-21)31-34(25)32-26(23)37-36-35-20-10-6-5-7-11-20/h5-16,18H,4,17H2,1-3H3/b29-23+. The Hall–Kier alpha value is -4.09. The zero-order chi connectivity index (χ0) is 25.6. The van der Waals surface area contributed by atoms with E-state index < -0.39 is 0 Å². The summed E-state index contributed by atoms with van der Waals surface area (Å²) in [6.07, 6.45) is 3.53. The minimum atomic E-state index is 0.444. The van der Waals surface area contributed by atoms with Gasteiger partial charge in [-0.1, -0.05) is 38.1 Å². The van der Waals surface area contributed by atoms with Gasteiger partial charge in [0.05, 0.1) is 11.9 Å². The minimum absolute atomic E-state index is 0.444. The smallest absolute Gasteiger partial charge is 0.205 e. The molecule has 1 aliphatic heterocycles. The lowest BCUT2D eigenvalue weighted by atomic mass is 10.2. The number of hydrogen-bond acceptors (Lipinski definition) is 10. The molecule has 0 radical (unpaired) electrons. The molecular formula is C26H26N8O2S. The molecule has 10 nitrogen and oxygen atoms in total. The second-order valence-electron chi connectivity index (χ2n) is 8.58. The summed E-state index contributed by atoms with van der Waals surface area (Å²) in [6.45, 7) is 8.40. The Bertz CT molecular complexity index is 1390. The molecule has 37 heavy (non-hydrogen) atoms. The van der Waals surface area contributed by atoms with Crippen LogP contribution in [-0.2, 0) is 4.33 Å². The highest BCUT2D eigenvalue weighted by atomic mass is 32.2. The maximum atomic E-state index is 5.39. The molecule has 0 aliphatic carbocycles. The molecule has 0 amide bonds. The van der Waals surface area contributed by atoms with Crippen molar-refractivity contribution in [2.75, 3.05) is 18.0 Å². The first-order valence-electron chi connectivity index (χ1n) is 11.9. The van der Waals surface area contributed by atoms with Crippen molar-refractivity contribution in [2.24, 2.45) is 16.0 Å². The summed E-state index contributed by atoms with van der Waals surface area (Å²) in [5, 5.41) is 9.45. The number of para-hydroxylation sites is 1. The largest absolute Gasteiger partial charge is 0.370 e. The Labute approximate surface area is 219 Å². The first kappa shape index (κ1) is 24.6. The number of benzene rings is 1. The Balaban J connectivity index is 1.42. The Kier molecular flexibility index (Phi) is 7.52. The summed E-state index contributed by atoms with van der Waals surface area (Å²) in [7, 11) is 0. The number of fused-ring (bicyclic) bond motifs is 1. The van der Waals surface area contributed by atoms with Crippen LogP contribution in [0.1, 0.15) is 26.6 Å². The van der Waals surface area contributed by atoms with Crippen LogP contribution in [-0.4, -0.2) is 48.7 Å². The summed E-state index contributed by atoms with van der Waals surface area (Å²) >= 11 is 0.932. The van der Waals surface area contributed by atoms with Gasteiger partial charge >= 0.3 is 0 Å². The number of nitrogens with zero attached hydrogens (tertiary/aromatic N) is 8. The lowest BCUT2D eigenvalue weighted by molar-refractivity contribution is -0.0759. The highest BCUT2D eigenvalue weighted by Crippen LogP contribution is 2.26. The number of aliphatic imine (C=N–C) groups is 1. The van der Waals surface area contributed by atoms with Gasteiger partial charge in [0.1, 0.15) is 23.4 Å². The molecule has 4 heterocycles. The number of hydrogen-bond donors (Lipinski definition) is 0. The molecule has 0 atom stereocenters. The van der Waals surface area contributed by atoms with Crippen molar-refractivity contribution in [1.29, 1.82) is 0 Å². The average Bonchev–Trinajstić information content (AvgIpc) is 3.48. The molecule has 0 bridgehead atoms. The Morgan fingerprint density at radius 2 is 1.86 bits per heavy atom. The van der Waals surface area contributed by atoms with Crippen molar-refractivity contribution in [3.63, 3.8) is 0 Å². The molecule has 0 N–H and O–H groups in total. The third-order valence-corrected chi connectivity index (χ3v) is 5.93. The van der Waals surface area contributed by atoms with Crippen LogP contribution in [0.3, 0.4) is 0 Å². The average molecular weight is 515 g/mol. The van der Waals surface area contributed by atoms with Crippen molar-refractivity contribution < 1.29 is 9.22 Å². The fourth-order valence-corrected chi connectivity index (χ4v) is 4.18. The van der Waals surface area contributed by atoms with E-state index in [1.165, 1.54) is 4.79 Å². The maximum Gasteiger partial charge on any atom is 0.205 e. The third kappa shape index (κ3) is 5.84. The SMILES string of the molecule is CCN(CC(C)C)c1ccc(/N=C2/C(SOOc3ccccc3)=Nn3nc(-c4ccccn4)nc32)nc1. The molecule has 0 fully saturated rings. The number of pyridine rings is 2. The van der Waals surface area contributed by atoms with Crippen molar-refractivity contribution in [3.05, 3.63) is 78.9 Å². The van der Waals surface area contributed by atoms with E-state index in [9.17, 15) is 0 Å². The zero-order valence-electron chi connectivity index (χ0n) is 20.7. The molecule has 0 saturated heterocycles. The molecule has 0 unspecified atom stereocenters. The van der Waals surface area contributed by atoms with Gasteiger partial charge in [-0.2, -0.15) is 0 Å². The van der Waals surface area contributed by atoms with Crippen LogP contribution >= 0.6 is 12.0 Å². The van der Waals surface area contributed by atoms with Crippen LogP contribution in [0.2, 0.25) is 0 Å². The molecule has 188 valence electrons. The van der Waals surface area contributed by atoms with E-state index in [2.05, 4.69) is 50.8 Å². The van der Waals surface area contributed by atoms with E-state index in [-0.39, 0.29) is 0 Å². The Morgan fingerprint density at radius 3 is 2.57 bits per heavy atom. The van der Waals surface area contributed by atoms with Crippen LogP contribution in [0.4, 0.5) is 11.5 Å². The molecule has 4 aromatic rings. The molecule has 5 rings (SSSR count). The predicted octanol–water partition coefficient (Wildman–Crippen LogP) is 5.17. The monoisotopic (exact) mass is 514 g/mol. The van der Waals surface area contributed by atoms with Crippen LogP contribution in [0.5, 0.6) is 5.75 Å². The normalized spacial score (nSPS) is 13.6. The van der Waals surface area contributed by atoms with Crippen LogP contribution < -0.4 is 9.79 Å². The van der Waals surface area contributed by atoms with Gasteiger partial charge in [-0.3, -0.25) is 4.98 Å². The number of aromatic nitrogens is 5. The topological polar surface area (TPSA) is 103 Å². The van der Waals surface area contributed by atoms with E-state index >= 15 is 0 Å².